The molecule has 0 saturated carbocycles. The average molecular weight is 342 g/mol. The highest BCUT2D eigenvalue weighted by Gasteiger charge is 2.06. The predicted molar refractivity (Wildman–Crippen MR) is 105 cm³/mol. The van der Waals surface area contributed by atoms with Gasteiger partial charge in [0.15, 0.2) is 0 Å². The first-order chi connectivity index (χ1) is 11.9. The molecule has 0 atom stereocenters. The van der Waals surface area contributed by atoms with E-state index in [1.807, 2.05) is 41.7 Å². The van der Waals surface area contributed by atoms with Crippen molar-refractivity contribution < 1.29 is 0 Å². The van der Waals surface area contributed by atoms with Crippen LogP contribution in [0.3, 0.4) is 0 Å². The number of hydrogen-bond acceptors (Lipinski definition) is 2. The van der Waals surface area contributed by atoms with Gasteiger partial charge in [-0.25, -0.2) is 0 Å². The van der Waals surface area contributed by atoms with Crippen molar-refractivity contribution in [3.05, 3.63) is 95.4 Å². The fourth-order valence-electron chi connectivity index (χ4n) is 2.42. The third kappa shape index (κ3) is 3.33. The summed E-state index contributed by atoms with van der Waals surface area (Å²) in [5.74, 6) is 6.48. The SMILES string of the molecule is C(#Cc1ccc(-c2ccc(-c3ccccc3)s2)s1)c1ccccc1. The molecule has 2 aromatic carbocycles. The first-order valence-corrected chi connectivity index (χ1v) is 9.34. The lowest BCUT2D eigenvalue weighted by Crippen LogP contribution is -1.70. The van der Waals surface area contributed by atoms with Crippen LogP contribution in [-0.2, 0) is 0 Å². The van der Waals surface area contributed by atoms with Crippen molar-refractivity contribution in [1.29, 1.82) is 0 Å². The van der Waals surface area contributed by atoms with Gasteiger partial charge >= 0.3 is 0 Å². The zero-order valence-corrected chi connectivity index (χ0v) is 14.5. The summed E-state index contributed by atoms with van der Waals surface area (Å²) in [4.78, 5) is 4.98. The van der Waals surface area contributed by atoms with Crippen molar-refractivity contribution in [1.82, 2.24) is 0 Å². The lowest BCUT2D eigenvalue weighted by atomic mass is 10.2. The molecule has 2 aromatic heterocycles. The van der Waals surface area contributed by atoms with Crippen molar-refractivity contribution >= 4 is 22.7 Å². The fraction of sp³-hybridized carbons (Fsp3) is 0. The summed E-state index contributed by atoms with van der Waals surface area (Å²) < 4.78 is 0. The molecular weight excluding hydrogens is 328 g/mol. The van der Waals surface area contributed by atoms with E-state index >= 15 is 0 Å². The van der Waals surface area contributed by atoms with Crippen LogP contribution < -0.4 is 0 Å². The Bertz CT molecular complexity index is 996. The number of rotatable bonds is 2. The van der Waals surface area contributed by atoms with Gasteiger partial charge in [-0.15, -0.1) is 22.7 Å². The van der Waals surface area contributed by atoms with Crippen molar-refractivity contribution in [2.75, 3.05) is 0 Å². The van der Waals surface area contributed by atoms with Gasteiger partial charge < -0.3 is 0 Å². The molecule has 4 aromatic rings. The van der Waals surface area contributed by atoms with E-state index in [-0.39, 0.29) is 0 Å². The van der Waals surface area contributed by atoms with E-state index in [0.29, 0.717) is 0 Å². The van der Waals surface area contributed by atoms with Crippen LogP contribution in [0.2, 0.25) is 0 Å². The highest BCUT2D eigenvalue weighted by Crippen LogP contribution is 2.37. The van der Waals surface area contributed by atoms with Gasteiger partial charge in [0.2, 0.25) is 0 Å². The lowest BCUT2D eigenvalue weighted by molar-refractivity contribution is 1.65. The third-order valence-electron chi connectivity index (χ3n) is 3.62. The molecule has 0 nitrogen and oxygen atoms in total. The quantitative estimate of drug-likeness (QED) is 0.363. The molecule has 0 aliphatic heterocycles. The van der Waals surface area contributed by atoms with E-state index in [9.17, 15) is 0 Å². The zero-order chi connectivity index (χ0) is 16.2. The van der Waals surface area contributed by atoms with E-state index in [2.05, 4.69) is 66.4 Å². The summed E-state index contributed by atoms with van der Waals surface area (Å²) in [6, 6.07) is 29.3. The Kier molecular flexibility index (Phi) is 4.29. The van der Waals surface area contributed by atoms with Crippen molar-refractivity contribution in [2.24, 2.45) is 0 Å². The second-order valence-corrected chi connectivity index (χ2v) is 7.48. The molecule has 0 spiro atoms. The molecule has 2 heterocycles. The van der Waals surface area contributed by atoms with Gasteiger partial charge in [0.05, 0.1) is 4.88 Å². The molecule has 2 heteroatoms. The topological polar surface area (TPSA) is 0 Å². The second-order valence-electron chi connectivity index (χ2n) is 5.31. The normalized spacial score (nSPS) is 10.2. The highest BCUT2D eigenvalue weighted by molar-refractivity contribution is 7.24. The molecule has 0 N–H and O–H groups in total. The van der Waals surface area contributed by atoms with Gasteiger partial charge in [-0.1, -0.05) is 60.4 Å². The maximum atomic E-state index is 3.26. The summed E-state index contributed by atoms with van der Waals surface area (Å²) >= 11 is 3.58. The Morgan fingerprint density at radius 1 is 0.500 bits per heavy atom. The molecular formula is C22H14S2. The van der Waals surface area contributed by atoms with Gasteiger partial charge in [-0.05, 0) is 42.0 Å². The Labute approximate surface area is 150 Å². The smallest absolute Gasteiger partial charge is 0.0779 e. The van der Waals surface area contributed by atoms with E-state index in [0.717, 1.165) is 10.4 Å². The third-order valence-corrected chi connectivity index (χ3v) is 5.95. The summed E-state index contributed by atoms with van der Waals surface area (Å²) in [7, 11) is 0. The second kappa shape index (κ2) is 6.88. The number of benzene rings is 2. The summed E-state index contributed by atoms with van der Waals surface area (Å²) in [6.07, 6.45) is 0. The average Bonchev–Trinajstić information content (AvgIpc) is 3.31. The predicted octanol–water partition coefficient (Wildman–Crippen LogP) is 6.54. The van der Waals surface area contributed by atoms with Crippen LogP contribution in [0.15, 0.2) is 84.9 Å². The summed E-state index contributed by atoms with van der Waals surface area (Å²) in [5, 5.41) is 0. The van der Waals surface area contributed by atoms with Gasteiger partial charge in [-0.3, -0.25) is 0 Å². The van der Waals surface area contributed by atoms with Crippen LogP contribution >= 0.6 is 22.7 Å². The maximum absolute atomic E-state index is 3.26. The van der Waals surface area contributed by atoms with Crippen LogP contribution in [0.25, 0.3) is 20.2 Å². The van der Waals surface area contributed by atoms with Crippen LogP contribution in [0, 0.1) is 11.8 Å². The number of hydrogen-bond donors (Lipinski definition) is 0. The molecule has 0 aliphatic rings. The lowest BCUT2D eigenvalue weighted by Gasteiger charge is -1.94. The van der Waals surface area contributed by atoms with Crippen LogP contribution in [0.5, 0.6) is 0 Å². The summed E-state index contributed by atoms with van der Waals surface area (Å²) in [6.45, 7) is 0. The Balaban J connectivity index is 1.58. The Hall–Kier alpha value is -2.60. The first-order valence-electron chi connectivity index (χ1n) is 7.71. The van der Waals surface area contributed by atoms with E-state index in [1.165, 1.54) is 20.2 Å². The van der Waals surface area contributed by atoms with Crippen molar-refractivity contribution in [3.8, 4) is 32.0 Å². The first kappa shape index (κ1) is 15.0. The highest BCUT2D eigenvalue weighted by atomic mass is 32.1. The largest absolute Gasteiger partial charge is 0.134 e. The standard InChI is InChI=1S/C22H14S2/c1-3-7-17(8-4-1)11-12-19-13-14-21(23-19)22-16-15-20(24-22)18-9-5-2-6-10-18/h1-10,13-16H. The van der Waals surface area contributed by atoms with E-state index in [1.54, 1.807) is 11.3 Å². The molecule has 0 bridgehead atoms. The van der Waals surface area contributed by atoms with E-state index < -0.39 is 0 Å². The molecule has 24 heavy (non-hydrogen) atoms. The molecule has 4 rings (SSSR count). The Morgan fingerprint density at radius 3 is 1.92 bits per heavy atom. The van der Waals surface area contributed by atoms with Crippen molar-refractivity contribution in [2.45, 2.75) is 0 Å². The van der Waals surface area contributed by atoms with Crippen LogP contribution in [0.1, 0.15) is 10.4 Å². The van der Waals surface area contributed by atoms with Gasteiger partial charge in [0, 0.05) is 20.2 Å². The molecule has 0 saturated heterocycles. The van der Waals surface area contributed by atoms with Gasteiger partial charge in [0.1, 0.15) is 0 Å². The molecule has 0 aliphatic carbocycles. The zero-order valence-electron chi connectivity index (χ0n) is 12.9. The molecule has 0 amide bonds. The van der Waals surface area contributed by atoms with Crippen LogP contribution in [-0.4, -0.2) is 0 Å². The Morgan fingerprint density at radius 2 is 1.12 bits per heavy atom. The maximum Gasteiger partial charge on any atom is 0.0779 e. The molecule has 0 unspecified atom stereocenters. The van der Waals surface area contributed by atoms with Crippen LogP contribution in [0.4, 0.5) is 0 Å². The van der Waals surface area contributed by atoms with Crippen molar-refractivity contribution in [3.63, 3.8) is 0 Å². The molecule has 0 radical (unpaired) electrons. The van der Waals surface area contributed by atoms with Gasteiger partial charge in [-0.2, -0.15) is 0 Å². The van der Waals surface area contributed by atoms with Gasteiger partial charge in [0.25, 0.3) is 0 Å². The minimum absolute atomic E-state index is 1.05. The summed E-state index contributed by atoms with van der Waals surface area (Å²) in [5.41, 5.74) is 2.32. The monoisotopic (exact) mass is 342 g/mol. The fourth-order valence-corrected chi connectivity index (χ4v) is 4.38. The molecule has 0 fully saturated rings. The minimum atomic E-state index is 1.05. The number of thiophene rings is 2. The molecule has 114 valence electrons. The van der Waals surface area contributed by atoms with E-state index in [4.69, 9.17) is 0 Å². The minimum Gasteiger partial charge on any atom is -0.134 e.